The molecule has 0 aliphatic rings. The summed E-state index contributed by atoms with van der Waals surface area (Å²) < 4.78 is 2.51. The van der Waals surface area contributed by atoms with Crippen molar-refractivity contribution in [3.63, 3.8) is 0 Å². The van der Waals surface area contributed by atoms with Crippen molar-refractivity contribution in [2.24, 2.45) is 0 Å². The highest BCUT2D eigenvalue weighted by molar-refractivity contribution is 7.16. The van der Waals surface area contributed by atoms with Gasteiger partial charge in [0, 0.05) is 17.8 Å². The number of benzene rings is 2. The van der Waals surface area contributed by atoms with Gasteiger partial charge in [0.25, 0.3) is 5.91 Å². The smallest absolute Gasteiger partial charge is 0.308 e. The number of aryl methyl sites for hydroxylation is 1. The molecule has 1 heterocycles. The number of allylic oxidation sites excluding steroid dienone is 1. The van der Waals surface area contributed by atoms with Crippen molar-refractivity contribution in [2.45, 2.75) is 13.5 Å². The van der Waals surface area contributed by atoms with Gasteiger partial charge in [0.1, 0.15) is 0 Å². The fourth-order valence-corrected chi connectivity index (χ4v) is 3.29. The van der Waals surface area contributed by atoms with E-state index in [1.165, 1.54) is 11.3 Å². The molecule has 0 unspecified atom stereocenters. The van der Waals surface area contributed by atoms with E-state index in [9.17, 15) is 9.59 Å². The predicted octanol–water partition coefficient (Wildman–Crippen LogP) is 3.81. The summed E-state index contributed by atoms with van der Waals surface area (Å²) in [5.41, 5.74) is 3.24. The Morgan fingerprint density at radius 3 is 2.70 bits per heavy atom. The minimum atomic E-state index is -0.165. The molecule has 2 aromatic carbocycles. The van der Waals surface area contributed by atoms with Crippen LogP contribution in [0.3, 0.4) is 0 Å². The van der Waals surface area contributed by atoms with Crippen molar-refractivity contribution in [3.05, 3.63) is 75.9 Å². The predicted molar refractivity (Wildman–Crippen MR) is 95.4 cm³/mol. The maximum absolute atomic E-state index is 12.2. The van der Waals surface area contributed by atoms with Gasteiger partial charge >= 0.3 is 4.87 Å². The van der Waals surface area contributed by atoms with E-state index in [0.717, 1.165) is 15.8 Å². The first-order valence-electron chi connectivity index (χ1n) is 7.21. The first kappa shape index (κ1) is 15.2. The van der Waals surface area contributed by atoms with E-state index in [-0.39, 0.29) is 10.8 Å². The topological polar surface area (TPSA) is 51.1 Å². The summed E-state index contributed by atoms with van der Waals surface area (Å²) in [6, 6.07) is 12.9. The number of thiazole rings is 1. The van der Waals surface area contributed by atoms with Gasteiger partial charge in [0.05, 0.1) is 10.2 Å². The van der Waals surface area contributed by atoms with Crippen LogP contribution in [-0.2, 0) is 6.54 Å². The lowest BCUT2D eigenvalue weighted by Crippen LogP contribution is -2.12. The summed E-state index contributed by atoms with van der Waals surface area (Å²) in [4.78, 5) is 24.2. The average Bonchev–Trinajstić information content (AvgIpc) is 2.83. The minimum absolute atomic E-state index is 0.0260. The maximum Gasteiger partial charge on any atom is 0.308 e. The van der Waals surface area contributed by atoms with Crippen molar-refractivity contribution in [1.29, 1.82) is 0 Å². The number of nitrogens with one attached hydrogen (secondary N) is 1. The van der Waals surface area contributed by atoms with Gasteiger partial charge in [-0.3, -0.25) is 14.2 Å². The summed E-state index contributed by atoms with van der Waals surface area (Å²) in [5, 5.41) is 2.87. The third-order valence-electron chi connectivity index (χ3n) is 3.55. The lowest BCUT2D eigenvalue weighted by Gasteiger charge is -2.06. The monoisotopic (exact) mass is 324 g/mol. The SMILES string of the molecule is C=CCn1c(=O)sc2cc(NC(=O)c3ccc(C)cc3)ccc21. The molecule has 1 amide bonds. The maximum atomic E-state index is 12.2. The number of fused-ring (bicyclic) bond motifs is 1. The number of hydrogen-bond donors (Lipinski definition) is 1. The number of nitrogens with zero attached hydrogens (tertiary/aromatic N) is 1. The Bertz CT molecular complexity index is 936. The molecule has 1 N–H and O–H groups in total. The van der Waals surface area contributed by atoms with Gasteiger partial charge in [-0.05, 0) is 37.3 Å². The summed E-state index contributed by atoms with van der Waals surface area (Å²) >= 11 is 1.17. The van der Waals surface area contributed by atoms with Crippen LogP contribution < -0.4 is 10.2 Å². The van der Waals surface area contributed by atoms with Crippen molar-refractivity contribution < 1.29 is 4.79 Å². The van der Waals surface area contributed by atoms with Gasteiger partial charge in [-0.15, -0.1) is 6.58 Å². The molecule has 0 aliphatic carbocycles. The van der Waals surface area contributed by atoms with Crippen molar-refractivity contribution >= 4 is 33.1 Å². The molecule has 0 saturated carbocycles. The van der Waals surface area contributed by atoms with Crippen molar-refractivity contribution in [3.8, 4) is 0 Å². The molecule has 4 nitrogen and oxygen atoms in total. The number of carbonyl (C=O) groups excluding carboxylic acids is 1. The lowest BCUT2D eigenvalue weighted by atomic mass is 10.1. The number of rotatable bonds is 4. The Kier molecular flexibility index (Phi) is 4.12. The lowest BCUT2D eigenvalue weighted by molar-refractivity contribution is 0.102. The molecule has 0 radical (unpaired) electrons. The number of hydrogen-bond acceptors (Lipinski definition) is 3. The fourth-order valence-electron chi connectivity index (χ4n) is 2.35. The highest BCUT2D eigenvalue weighted by atomic mass is 32.1. The van der Waals surface area contributed by atoms with Crippen LogP contribution in [0.25, 0.3) is 10.2 Å². The number of amides is 1. The normalized spacial score (nSPS) is 10.7. The Morgan fingerprint density at radius 1 is 1.26 bits per heavy atom. The third kappa shape index (κ3) is 3.10. The molecule has 3 rings (SSSR count). The zero-order valence-electron chi connectivity index (χ0n) is 12.7. The Labute approximate surface area is 137 Å². The summed E-state index contributed by atoms with van der Waals surface area (Å²) in [6.07, 6.45) is 1.70. The molecule has 0 fully saturated rings. The molecular weight excluding hydrogens is 308 g/mol. The molecule has 0 aliphatic heterocycles. The minimum Gasteiger partial charge on any atom is -0.322 e. The first-order valence-corrected chi connectivity index (χ1v) is 8.02. The molecule has 0 saturated heterocycles. The first-order chi connectivity index (χ1) is 11.1. The second-order valence-corrected chi connectivity index (χ2v) is 6.26. The third-order valence-corrected chi connectivity index (χ3v) is 4.49. The van der Waals surface area contributed by atoms with Gasteiger partial charge in [0.15, 0.2) is 0 Å². The molecule has 5 heteroatoms. The largest absolute Gasteiger partial charge is 0.322 e. The van der Waals surface area contributed by atoms with E-state index < -0.39 is 0 Å². The summed E-state index contributed by atoms with van der Waals surface area (Å²) in [7, 11) is 0. The van der Waals surface area contributed by atoms with Crippen LogP contribution in [0.1, 0.15) is 15.9 Å². The summed E-state index contributed by atoms with van der Waals surface area (Å²) in [6.45, 7) is 6.13. The van der Waals surface area contributed by atoms with Gasteiger partial charge in [-0.1, -0.05) is 35.1 Å². The van der Waals surface area contributed by atoms with Crippen LogP contribution in [0.4, 0.5) is 5.69 Å². The highest BCUT2D eigenvalue weighted by Gasteiger charge is 2.09. The van der Waals surface area contributed by atoms with Crippen LogP contribution in [0.2, 0.25) is 0 Å². The van der Waals surface area contributed by atoms with Gasteiger partial charge in [0.2, 0.25) is 0 Å². The second kappa shape index (κ2) is 6.22. The standard InChI is InChI=1S/C18H16N2O2S/c1-3-10-20-15-9-8-14(11-16(15)23-18(20)22)19-17(21)13-6-4-12(2)5-7-13/h3-9,11H,1,10H2,2H3,(H,19,21). The van der Waals surface area contributed by atoms with Crippen LogP contribution >= 0.6 is 11.3 Å². The molecular formula is C18H16N2O2S. The zero-order chi connectivity index (χ0) is 16.4. The fraction of sp³-hybridized carbons (Fsp3) is 0.111. The average molecular weight is 324 g/mol. The van der Waals surface area contributed by atoms with E-state index in [0.29, 0.717) is 17.8 Å². The van der Waals surface area contributed by atoms with E-state index in [1.807, 2.05) is 31.2 Å². The van der Waals surface area contributed by atoms with Crippen LogP contribution in [0, 0.1) is 6.92 Å². The Morgan fingerprint density at radius 2 is 2.00 bits per heavy atom. The highest BCUT2D eigenvalue weighted by Crippen LogP contribution is 2.22. The van der Waals surface area contributed by atoms with Gasteiger partial charge in [-0.25, -0.2) is 0 Å². The van der Waals surface area contributed by atoms with Crippen molar-refractivity contribution in [2.75, 3.05) is 5.32 Å². The molecule has 116 valence electrons. The molecule has 0 atom stereocenters. The Hall–Kier alpha value is -2.66. The van der Waals surface area contributed by atoms with Crippen LogP contribution in [0.5, 0.6) is 0 Å². The van der Waals surface area contributed by atoms with Gasteiger partial charge < -0.3 is 5.32 Å². The molecule has 3 aromatic rings. The zero-order valence-corrected chi connectivity index (χ0v) is 13.5. The van der Waals surface area contributed by atoms with E-state index in [2.05, 4.69) is 11.9 Å². The summed E-state index contributed by atoms with van der Waals surface area (Å²) in [5.74, 6) is -0.165. The molecule has 0 spiro atoms. The number of carbonyl (C=O) groups is 1. The van der Waals surface area contributed by atoms with E-state index >= 15 is 0 Å². The van der Waals surface area contributed by atoms with Crippen LogP contribution in [-0.4, -0.2) is 10.5 Å². The Balaban J connectivity index is 1.89. The van der Waals surface area contributed by atoms with E-state index in [1.54, 1.807) is 28.8 Å². The second-order valence-electron chi connectivity index (χ2n) is 5.27. The van der Waals surface area contributed by atoms with Gasteiger partial charge in [-0.2, -0.15) is 0 Å². The van der Waals surface area contributed by atoms with Crippen molar-refractivity contribution in [1.82, 2.24) is 4.57 Å². The van der Waals surface area contributed by atoms with E-state index in [4.69, 9.17) is 0 Å². The molecule has 23 heavy (non-hydrogen) atoms. The molecule has 0 bridgehead atoms. The van der Waals surface area contributed by atoms with Crippen LogP contribution in [0.15, 0.2) is 59.9 Å². The number of anilines is 1. The quantitative estimate of drug-likeness (QED) is 0.742. The molecule has 1 aromatic heterocycles. The number of aromatic nitrogens is 1.